The average Bonchev–Trinajstić information content (AvgIpc) is 4.10. The number of hydrogen-bond acceptors (Lipinski definition) is 0. The molecule has 0 saturated heterocycles. The topological polar surface area (TPSA) is 14.8 Å². The van der Waals surface area contributed by atoms with Gasteiger partial charge in [0.05, 0.1) is 11.0 Å². The van der Waals surface area contributed by atoms with Gasteiger partial charge in [0.2, 0.25) is 0 Å². The molecule has 4 aromatic heterocycles. The van der Waals surface area contributed by atoms with Gasteiger partial charge >= 0.3 is 302 Å². The van der Waals surface area contributed by atoms with Crippen LogP contribution in [-0.2, 0) is 0 Å². The van der Waals surface area contributed by atoms with Crippen LogP contribution in [0, 0.1) is 0 Å². The van der Waals surface area contributed by atoms with Crippen molar-refractivity contribution >= 4 is 99.2 Å². The predicted molar refractivity (Wildman–Crippen MR) is 272 cm³/mol. The maximum absolute atomic E-state index is 2.58. The Hall–Kier alpha value is -7.88. The fourth-order valence-electron chi connectivity index (χ4n) is 10.7. The van der Waals surface area contributed by atoms with Crippen LogP contribution in [0.2, 0.25) is 0 Å². The van der Waals surface area contributed by atoms with E-state index in [0.717, 1.165) is 11.4 Å². The minimum absolute atomic E-state index is 0.210. The molecular weight excluding hydrogens is 842 g/mol. The molecule has 0 saturated carbocycles. The Kier molecular flexibility index (Phi) is 7.70. The van der Waals surface area contributed by atoms with Gasteiger partial charge in [0.1, 0.15) is 0 Å². The molecular formula is C60H37N3Se. The summed E-state index contributed by atoms with van der Waals surface area (Å²) in [6, 6.07) is 83.2. The van der Waals surface area contributed by atoms with Gasteiger partial charge in [-0.2, -0.15) is 0 Å². The van der Waals surface area contributed by atoms with Crippen LogP contribution in [0.5, 0.6) is 0 Å². The molecule has 14 rings (SSSR count). The van der Waals surface area contributed by atoms with Crippen LogP contribution >= 0.6 is 0 Å². The van der Waals surface area contributed by atoms with Gasteiger partial charge in [0.15, 0.2) is 0 Å². The Bertz CT molecular complexity index is 4130. The number of para-hydroxylation sites is 4. The van der Waals surface area contributed by atoms with Crippen LogP contribution < -0.4 is 0 Å². The van der Waals surface area contributed by atoms with E-state index in [9.17, 15) is 0 Å². The number of aromatic nitrogens is 3. The number of fused-ring (bicyclic) bond motifs is 12. The average molecular weight is 879 g/mol. The van der Waals surface area contributed by atoms with E-state index >= 15 is 0 Å². The molecule has 0 radical (unpaired) electrons. The molecule has 0 aliphatic heterocycles. The van der Waals surface area contributed by atoms with Crippen LogP contribution in [0.4, 0.5) is 0 Å². The molecule has 0 N–H and O–H groups in total. The fraction of sp³-hybridized carbons (Fsp3) is 0. The summed E-state index contributed by atoms with van der Waals surface area (Å²) in [5.41, 5.74) is 15.6. The minimum atomic E-state index is 0.210. The van der Waals surface area contributed by atoms with Crippen LogP contribution in [0.15, 0.2) is 224 Å². The van der Waals surface area contributed by atoms with E-state index in [1.807, 2.05) is 0 Å². The van der Waals surface area contributed by atoms with E-state index in [0.29, 0.717) is 0 Å². The monoisotopic (exact) mass is 879 g/mol. The second-order valence-corrected chi connectivity index (χ2v) is 19.1. The number of nitrogens with zero attached hydrogens (tertiary/aromatic N) is 3. The van der Waals surface area contributed by atoms with Gasteiger partial charge in [-0.1, -0.05) is 36.4 Å². The van der Waals surface area contributed by atoms with Gasteiger partial charge in [-0.05, 0) is 12.1 Å². The van der Waals surface area contributed by atoms with E-state index in [2.05, 4.69) is 238 Å². The van der Waals surface area contributed by atoms with Gasteiger partial charge in [-0.3, -0.25) is 0 Å². The van der Waals surface area contributed by atoms with Crippen molar-refractivity contribution in [1.82, 2.24) is 13.7 Å². The second kappa shape index (κ2) is 13.8. The van der Waals surface area contributed by atoms with Gasteiger partial charge in [-0.25, -0.2) is 0 Å². The van der Waals surface area contributed by atoms with Crippen molar-refractivity contribution in [2.24, 2.45) is 0 Å². The van der Waals surface area contributed by atoms with Gasteiger partial charge < -0.3 is 4.57 Å². The third-order valence-electron chi connectivity index (χ3n) is 13.5. The molecule has 4 heteroatoms. The predicted octanol–water partition coefficient (Wildman–Crippen LogP) is 15.7. The zero-order valence-electron chi connectivity index (χ0n) is 34.6. The van der Waals surface area contributed by atoms with E-state index < -0.39 is 0 Å². The molecule has 3 nitrogen and oxygen atoms in total. The molecule has 0 spiro atoms. The number of benzene rings is 10. The first kappa shape index (κ1) is 35.7. The molecule has 0 atom stereocenters. The molecule has 0 bridgehead atoms. The van der Waals surface area contributed by atoms with Gasteiger partial charge in [-0.15, -0.1) is 0 Å². The number of hydrogen-bond donors (Lipinski definition) is 0. The van der Waals surface area contributed by atoms with Crippen molar-refractivity contribution in [3.05, 3.63) is 224 Å². The van der Waals surface area contributed by atoms with Crippen molar-refractivity contribution in [3.63, 3.8) is 0 Å². The summed E-state index contributed by atoms with van der Waals surface area (Å²) in [5, 5.41) is 10.2. The van der Waals surface area contributed by atoms with Crippen molar-refractivity contribution < 1.29 is 0 Å². The molecule has 0 unspecified atom stereocenters. The SMILES string of the molecule is c1ccc(-c2ccc(-c3ccc4[se]c5ccccc5c4c3-n3c4ccccc4c4ccc(-n5c6ccccc6c6cc(-n7c8ccccc8c8ccccc87)ccc65)cc43)cc2)cc1. The van der Waals surface area contributed by atoms with E-state index in [4.69, 9.17) is 0 Å². The van der Waals surface area contributed by atoms with Crippen LogP contribution in [-0.4, -0.2) is 28.2 Å². The summed E-state index contributed by atoms with van der Waals surface area (Å²) >= 11 is 0.210. The van der Waals surface area contributed by atoms with Crippen LogP contribution in [0.3, 0.4) is 0 Å². The summed E-state index contributed by atoms with van der Waals surface area (Å²) < 4.78 is 10.3. The Morgan fingerprint density at radius 1 is 0.266 bits per heavy atom. The molecule has 298 valence electrons. The molecule has 14 aromatic rings. The van der Waals surface area contributed by atoms with Gasteiger partial charge in [0, 0.05) is 10.8 Å². The second-order valence-electron chi connectivity index (χ2n) is 16.9. The summed E-state index contributed by atoms with van der Waals surface area (Å²) in [6.07, 6.45) is 0. The zero-order chi connectivity index (χ0) is 41.9. The van der Waals surface area contributed by atoms with E-state index in [1.54, 1.807) is 0 Å². The maximum atomic E-state index is 2.58. The quantitative estimate of drug-likeness (QED) is 0.153. The normalized spacial score (nSPS) is 12.1. The van der Waals surface area contributed by atoms with Crippen molar-refractivity contribution in [1.29, 1.82) is 0 Å². The molecule has 4 heterocycles. The van der Waals surface area contributed by atoms with Crippen molar-refractivity contribution in [3.8, 4) is 39.3 Å². The first-order valence-electron chi connectivity index (χ1n) is 21.9. The van der Waals surface area contributed by atoms with E-state index in [-0.39, 0.29) is 14.5 Å². The van der Waals surface area contributed by atoms with E-state index in [1.165, 1.54) is 113 Å². The Morgan fingerprint density at radius 3 is 1.39 bits per heavy atom. The third kappa shape index (κ3) is 5.15. The first-order chi connectivity index (χ1) is 31.8. The summed E-state index contributed by atoms with van der Waals surface area (Å²) in [4.78, 5) is 0. The number of rotatable bonds is 5. The first-order valence-corrected chi connectivity index (χ1v) is 23.6. The fourth-order valence-corrected chi connectivity index (χ4v) is 13.0. The molecule has 10 aromatic carbocycles. The Morgan fingerprint density at radius 2 is 0.734 bits per heavy atom. The van der Waals surface area contributed by atoms with Gasteiger partial charge in [0.25, 0.3) is 0 Å². The van der Waals surface area contributed by atoms with Crippen molar-refractivity contribution in [2.75, 3.05) is 0 Å². The standard InChI is InChI=1S/C60H37N3Se/c1-2-14-38(15-3-1)39-26-28-40(29-27-39)43-33-35-58-59(49-20-8-13-25-57(49)64-58)60(43)63-54-24-12-6-18-46(54)48-32-30-42(37-56(48)63)62-53-23-11-7-19-47(53)50-36-41(31-34-55(50)62)61-51-21-9-4-16-44(51)45-17-5-10-22-52(45)61/h1-37H. The molecule has 64 heavy (non-hydrogen) atoms. The summed E-state index contributed by atoms with van der Waals surface area (Å²) in [7, 11) is 0. The molecule has 0 fully saturated rings. The van der Waals surface area contributed by atoms with Crippen LogP contribution in [0.1, 0.15) is 0 Å². The Balaban J connectivity index is 1.03. The Labute approximate surface area is 374 Å². The summed E-state index contributed by atoms with van der Waals surface area (Å²) in [5.74, 6) is 0. The molecule has 0 amide bonds. The summed E-state index contributed by atoms with van der Waals surface area (Å²) in [6.45, 7) is 0. The van der Waals surface area contributed by atoms with Crippen molar-refractivity contribution in [2.45, 2.75) is 0 Å². The molecule has 0 aliphatic rings. The zero-order valence-corrected chi connectivity index (χ0v) is 36.3. The van der Waals surface area contributed by atoms with Crippen LogP contribution in [0.25, 0.3) is 124 Å². The third-order valence-corrected chi connectivity index (χ3v) is 15.8. The molecule has 0 aliphatic carbocycles.